The third kappa shape index (κ3) is 2.80. The summed E-state index contributed by atoms with van der Waals surface area (Å²) in [5, 5.41) is 3.94. The van der Waals surface area contributed by atoms with Gasteiger partial charge >= 0.3 is 0 Å². The smallest absolute Gasteiger partial charge is 0.231 e. The molecular formula is C11H21N3O2. The van der Waals surface area contributed by atoms with Gasteiger partial charge in [-0.1, -0.05) is 12.1 Å². The van der Waals surface area contributed by atoms with Crippen molar-refractivity contribution in [3.63, 3.8) is 0 Å². The van der Waals surface area contributed by atoms with Crippen LogP contribution in [0.15, 0.2) is 4.52 Å². The molecule has 1 heterocycles. The van der Waals surface area contributed by atoms with E-state index in [1.165, 1.54) is 0 Å². The second-order valence-corrected chi connectivity index (χ2v) is 4.55. The van der Waals surface area contributed by atoms with E-state index < -0.39 is 5.60 Å². The molecule has 0 radical (unpaired) electrons. The molecule has 0 spiro atoms. The van der Waals surface area contributed by atoms with Crippen molar-refractivity contribution in [3.05, 3.63) is 11.7 Å². The molecule has 1 rings (SSSR count). The van der Waals surface area contributed by atoms with E-state index >= 15 is 0 Å². The van der Waals surface area contributed by atoms with Crippen molar-refractivity contribution in [3.8, 4) is 0 Å². The van der Waals surface area contributed by atoms with Gasteiger partial charge < -0.3 is 15.0 Å². The van der Waals surface area contributed by atoms with Gasteiger partial charge in [0.2, 0.25) is 11.7 Å². The van der Waals surface area contributed by atoms with Crippen molar-refractivity contribution in [2.45, 2.75) is 52.2 Å². The number of nitrogens with two attached hydrogens (primary N) is 1. The van der Waals surface area contributed by atoms with Crippen LogP contribution in [0.25, 0.3) is 0 Å². The summed E-state index contributed by atoms with van der Waals surface area (Å²) in [4.78, 5) is 4.34. The maximum atomic E-state index is 5.79. The summed E-state index contributed by atoms with van der Waals surface area (Å²) >= 11 is 0. The number of hydrogen-bond acceptors (Lipinski definition) is 5. The molecule has 1 aromatic rings. The minimum Gasteiger partial charge on any atom is -0.368 e. The third-order valence-electron chi connectivity index (χ3n) is 2.66. The van der Waals surface area contributed by atoms with Gasteiger partial charge in [-0.3, -0.25) is 0 Å². The molecule has 0 aliphatic heterocycles. The monoisotopic (exact) mass is 227 g/mol. The van der Waals surface area contributed by atoms with Crippen LogP contribution in [0.2, 0.25) is 0 Å². The predicted molar refractivity (Wildman–Crippen MR) is 61.0 cm³/mol. The maximum absolute atomic E-state index is 5.79. The highest BCUT2D eigenvalue weighted by Crippen LogP contribution is 2.24. The molecule has 2 atom stereocenters. The number of hydrogen-bond donors (Lipinski definition) is 1. The fraction of sp³-hybridized carbons (Fsp3) is 0.818. The number of rotatable bonds is 5. The third-order valence-corrected chi connectivity index (χ3v) is 2.66. The van der Waals surface area contributed by atoms with Gasteiger partial charge in [0.25, 0.3) is 0 Å². The molecule has 2 unspecified atom stereocenters. The van der Waals surface area contributed by atoms with Crippen molar-refractivity contribution >= 4 is 0 Å². The molecular weight excluding hydrogens is 206 g/mol. The van der Waals surface area contributed by atoms with Crippen LogP contribution in [-0.2, 0) is 10.3 Å². The van der Waals surface area contributed by atoms with Gasteiger partial charge in [-0.05, 0) is 27.7 Å². The lowest BCUT2D eigenvalue weighted by Gasteiger charge is -2.19. The Morgan fingerprint density at radius 2 is 2.06 bits per heavy atom. The number of ether oxygens (including phenoxy) is 1. The van der Waals surface area contributed by atoms with Crippen LogP contribution < -0.4 is 5.73 Å². The van der Waals surface area contributed by atoms with Gasteiger partial charge in [-0.15, -0.1) is 0 Å². The van der Waals surface area contributed by atoms with Crippen molar-refractivity contribution in [1.82, 2.24) is 10.1 Å². The summed E-state index contributed by atoms with van der Waals surface area (Å²) in [6.45, 7) is 10.3. The van der Waals surface area contributed by atoms with E-state index in [1.807, 2.05) is 34.6 Å². The van der Waals surface area contributed by atoms with Gasteiger partial charge in [0.15, 0.2) is 0 Å². The fourth-order valence-corrected chi connectivity index (χ4v) is 1.31. The Hall–Kier alpha value is -0.940. The SMILES string of the molecule is CCOC(C)(C)c1noc(C(C)C(C)N)n1. The second kappa shape index (κ2) is 4.93. The minimum atomic E-state index is -0.520. The molecule has 0 aliphatic carbocycles. The number of aromatic nitrogens is 2. The molecule has 1 aromatic heterocycles. The Kier molecular flexibility index (Phi) is 4.04. The molecule has 0 saturated carbocycles. The Morgan fingerprint density at radius 1 is 1.44 bits per heavy atom. The van der Waals surface area contributed by atoms with Crippen LogP contribution >= 0.6 is 0 Å². The van der Waals surface area contributed by atoms with Crippen LogP contribution in [-0.4, -0.2) is 22.8 Å². The summed E-state index contributed by atoms with van der Waals surface area (Å²) in [6.07, 6.45) is 0. The molecule has 0 aromatic carbocycles. The first-order valence-electron chi connectivity index (χ1n) is 5.62. The largest absolute Gasteiger partial charge is 0.368 e. The lowest BCUT2D eigenvalue weighted by atomic mass is 10.0. The number of nitrogens with zero attached hydrogens (tertiary/aromatic N) is 2. The predicted octanol–water partition coefficient (Wildman–Crippen LogP) is 1.79. The summed E-state index contributed by atoms with van der Waals surface area (Å²) in [7, 11) is 0. The first-order valence-corrected chi connectivity index (χ1v) is 5.62. The van der Waals surface area contributed by atoms with E-state index in [4.69, 9.17) is 15.0 Å². The van der Waals surface area contributed by atoms with Gasteiger partial charge in [0, 0.05) is 12.6 Å². The molecule has 2 N–H and O–H groups in total. The first-order chi connectivity index (χ1) is 7.38. The van der Waals surface area contributed by atoms with Crippen molar-refractivity contribution in [1.29, 1.82) is 0 Å². The first kappa shape index (κ1) is 13.1. The second-order valence-electron chi connectivity index (χ2n) is 4.55. The molecule has 5 nitrogen and oxygen atoms in total. The summed E-state index contributed by atoms with van der Waals surface area (Å²) in [5.41, 5.74) is 5.27. The molecule has 0 aliphatic rings. The normalized spacial score (nSPS) is 16.1. The summed E-state index contributed by atoms with van der Waals surface area (Å²) < 4.78 is 10.8. The van der Waals surface area contributed by atoms with Crippen LogP contribution in [0.3, 0.4) is 0 Å². The van der Waals surface area contributed by atoms with Crippen LogP contribution in [0.1, 0.15) is 52.3 Å². The van der Waals surface area contributed by atoms with Crippen molar-refractivity contribution < 1.29 is 9.26 Å². The zero-order valence-electron chi connectivity index (χ0n) is 10.7. The molecule has 0 bridgehead atoms. The highest BCUT2D eigenvalue weighted by atomic mass is 16.5. The molecule has 92 valence electrons. The van der Waals surface area contributed by atoms with Gasteiger partial charge in [-0.25, -0.2) is 0 Å². The topological polar surface area (TPSA) is 74.2 Å². The fourth-order valence-electron chi connectivity index (χ4n) is 1.31. The molecule has 16 heavy (non-hydrogen) atoms. The van der Waals surface area contributed by atoms with Crippen molar-refractivity contribution in [2.75, 3.05) is 6.61 Å². The zero-order valence-corrected chi connectivity index (χ0v) is 10.7. The average molecular weight is 227 g/mol. The molecule has 0 saturated heterocycles. The van der Waals surface area contributed by atoms with Crippen LogP contribution in [0.5, 0.6) is 0 Å². The van der Waals surface area contributed by atoms with E-state index in [0.29, 0.717) is 18.3 Å². The van der Waals surface area contributed by atoms with Crippen LogP contribution in [0, 0.1) is 0 Å². The van der Waals surface area contributed by atoms with E-state index in [0.717, 1.165) is 0 Å². The molecule has 0 fully saturated rings. The summed E-state index contributed by atoms with van der Waals surface area (Å²) in [6, 6.07) is -0.0106. The molecule has 5 heteroatoms. The minimum absolute atomic E-state index is 0.0106. The lowest BCUT2D eigenvalue weighted by Crippen LogP contribution is -2.25. The Balaban J connectivity index is 2.86. The van der Waals surface area contributed by atoms with Crippen LogP contribution in [0.4, 0.5) is 0 Å². The maximum Gasteiger partial charge on any atom is 0.231 e. The highest BCUT2D eigenvalue weighted by molar-refractivity contribution is 5.01. The summed E-state index contributed by atoms with van der Waals surface area (Å²) in [5.74, 6) is 1.19. The Morgan fingerprint density at radius 3 is 2.56 bits per heavy atom. The van der Waals surface area contributed by atoms with Crippen molar-refractivity contribution in [2.24, 2.45) is 5.73 Å². The zero-order chi connectivity index (χ0) is 12.3. The van der Waals surface area contributed by atoms with E-state index in [-0.39, 0.29) is 12.0 Å². The highest BCUT2D eigenvalue weighted by Gasteiger charge is 2.28. The quantitative estimate of drug-likeness (QED) is 0.830. The Labute approximate surface area is 96.4 Å². The Bertz CT molecular complexity index is 334. The van der Waals surface area contributed by atoms with E-state index in [9.17, 15) is 0 Å². The van der Waals surface area contributed by atoms with Gasteiger partial charge in [0.1, 0.15) is 5.60 Å². The molecule has 0 amide bonds. The van der Waals surface area contributed by atoms with E-state index in [1.54, 1.807) is 0 Å². The lowest BCUT2D eigenvalue weighted by molar-refractivity contribution is -0.0221. The standard InChI is InChI=1S/C11H21N3O2/c1-6-15-11(4,5)10-13-9(16-14-10)7(2)8(3)12/h7-8H,6,12H2,1-5H3. The van der Waals surface area contributed by atoms with E-state index in [2.05, 4.69) is 10.1 Å². The average Bonchev–Trinajstić information content (AvgIpc) is 2.65. The van der Waals surface area contributed by atoms with Gasteiger partial charge in [0.05, 0.1) is 5.92 Å². The van der Waals surface area contributed by atoms with Gasteiger partial charge in [-0.2, -0.15) is 4.98 Å².